The fourth-order valence-corrected chi connectivity index (χ4v) is 1.63. The number of benzene rings is 1. The van der Waals surface area contributed by atoms with Gasteiger partial charge in [0.25, 0.3) is 0 Å². The van der Waals surface area contributed by atoms with Crippen molar-refractivity contribution in [3.05, 3.63) is 42.5 Å². The maximum absolute atomic E-state index is 11.1. The van der Waals surface area contributed by atoms with Gasteiger partial charge in [0.1, 0.15) is 0 Å². The number of carboxylic acid groups (broad SMARTS) is 1. The summed E-state index contributed by atoms with van der Waals surface area (Å²) in [6.07, 6.45) is 5.26. The van der Waals surface area contributed by atoms with Gasteiger partial charge >= 0.3 is 5.97 Å². The molecule has 0 aliphatic heterocycles. The second kappa shape index (κ2) is 5.22. The number of aromatic nitrogens is 2. The first-order valence-electron chi connectivity index (χ1n) is 5.49. The third-order valence-corrected chi connectivity index (χ3v) is 2.52. The summed E-state index contributed by atoms with van der Waals surface area (Å²) in [6, 6.07) is 4.79. The summed E-state index contributed by atoms with van der Waals surface area (Å²) in [5, 5.41) is 12.1. The van der Waals surface area contributed by atoms with E-state index in [1.807, 2.05) is 10.8 Å². The molecule has 1 aromatic carbocycles. The first-order valence-corrected chi connectivity index (χ1v) is 5.49. The van der Waals surface area contributed by atoms with Crippen LogP contribution in [0.15, 0.2) is 36.9 Å². The van der Waals surface area contributed by atoms with Crippen molar-refractivity contribution in [1.82, 2.24) is 9.55 Å². The van der Waals surface area contributed by atoms with E-state index in [-0.39, 0.29) is 5.56 Å². The fourth-order valence-electron chi connectivity index (χ4n) is 1.63. The molecule has 0 atom stereocenters. The Labute approximate surface area is 104 Å². The minimum absolute atomic E-state index is 0.181. The van der Waals surface area contributed by atoms with Crippen molar-refractivity contribution in [2.75, 3.05) is 17.6 Å². The molecule has 18 heavy (non-hydrogen) atoms. The second-order valence-corrected chi connectivity index (χ2v) is 3.84. The number of carbonyl (C=O) groups is 1. The highest BCUT2D eigenvalue weighted by molar-refractivity contribution is 5.95. The predicted molar refractivity (Wildman–Crippen MR) is 68.5 cm³/mol. The Hall–Kier alpha value is -2.50. The lowest BCUT2D eigenvalue weighted by Crippen LogP contribution is -2.12. The van der Waals surface area contributed by atoms with Crippen molar-refractivity contribution < 1.29 is 9.90 Å². The van der Waals surface area contributed by atoms with Crippen LogP contribution >= 0.6 is 0 Å². The average molecular weight is 246 g/mol. The van der Waals surface area contributed by atoms with Gasteiger partial charge < -0.3 is 20.7 Å². The third-order valence-electron chi connectivity index (χ3n) is 2.52. The molecule has 94 valence electrons. The van der Waals surface area contributed by atoms with Crippen molar-refractivity contribution in [2.24, 2.45) is 0 Å². The normalized spacial score (nSPS) is 10.2. The number of nitrogen functional groups attached to an aromatic ring is 1. The number of imidazole rings is 1. The van der Waals surface area contributed by atoms with Crippen molar-refractivity contribution in [1.29, 1.82) is 0 Å². The largest absolute Gasteiger partial charge is 0.478 e. The molecule has 0 saturated heterocycles. The highest BCUT2D eigenvalue weighted by atomic mass is 16.4. The molecule has 0 amide bonds. The summed E-state index contributed by atoms with van der Waals surface area (Å²) in [5.41, 5.74) is 6.75. The zero-order chi connectivity index (χ0) is 13.0. The molecule has 0 aliphatic carbocycles. The molecule has 0 unspecified atom stereocenters. The van der Waals surface area contributed by atoms with Crippen molar-refractivity contribution in [3.63, 3.8) is 0 Å². The molecule has 4 N–H and O–H groups in total. The van der Waals surface area contributed by atoms with E-state index in [4.69, 9.17) is 10.8 Å². The number of hydrogen-bond acceptors (Lipinski definition) is 4. The molecule has 6 nitrogen and oxygen atoms in total. The maximum Gasteiger partial charge on any atom is 0.337 e. The van der Waals surface area contributed by atoms with Crippen LogP contribution in [0.4, 0.5) is 11.4 Å². The smallest absolute Gasteiger partial charge is 0.337 e. The third kappa shape index (κ3) is 2.79. The molecule has 2 aromatic rings. The fraction of sp³-hybridized carbons (Fsp3) is 0.167. The van der Waals surface area contributed by atoms with Crippen molar-refractivity contribution in [2.45, 2.75) is 6.54 Å². The molecular weight excluding hydrogens is 232 g/mol. The SMILES string of the molecule is Nc1ccc(NCCn2ccnc2)c(C(=O)O)c1. The van der Waals surface area contributed by atoms with E-state index in [9.17, 15) is 4.79 Å². The highest BCUT2D eigenvalue weighted by Crippen LogP contribution is 2.18. The van der Waals surface area contributed by atoms with Gasteiger partial charge in [-0.05, 0) is 18.2 Å². The van der Waals surface area contributed by atoms with E-state index in [1.54, 1.807) is 24.7 Å². The Kier molecular flexibility index (Phi) is 3.47. The van der Waals surface area contributed by atoms with Crippen LogP contribution in [0.5, 0.6) is 0 Å². The van der Waals surface area contributed by atoms with Crippen LogP contribution in [0.2, 0.25) is 0 Å². The first-order chi connectivity index (χ1) is 8.66. The van der Waals surface area contributed by atoms with Crippen LogP contribution in [0.25, 0.3) is 0 Å². The number of nitrogens with two attached hydrogens (primary N) is 1. The topological polar surface area (TPSA) is 93.2 Å². The summed E-state index contributed by atoms with van der Waals surface area (Å²) in [4.78, 5) is 15.0. The first kappa shape index (κ1) is 12.0. The molecule has 0 spiro atoms. The number of carboxylic acids is 1. The Morgan fingerprint density at radius 1 is 1.50 bits per heavy atom. The predicted octanol–water partition coefficient (Wildman–Crippen LogP) is 1.28. The molecule has 0 radical (unpaired) electrons. The van der Waals surface area contributed by atoms with E-state index >= 15 is 0 Å². The van der Waals surface area contributed by atoms with Gasteiger partial charge in [-0.3, -0.25) is 0 Å². The highest BCUT2D eigenvalue weighted by Gasteiger charge is 2.09. The number of aromatic carboxylic acids is 1. The minimum atomic E-state index is -0.993. The molecule has 2 rings (SSSR count). The lowest BCUT2D eigenvalue weighted by molar-refractivity contribution is 0.0698. The molecule has 0 saturated carbocycles. The van der Waals surface area contributed by atoms with Gasteiger partial charge in [0.15, 0.2) is 0 Å². The number of nitrogens with zero attached hydrogens (tertiary/aromatic N) is 2. The Morgan fingerprint density at radius 2 is 2.33 bits per heavy atom. The molecule has 0 fully saturated rings. The maximum atomic E-state index is 11.1. The summed E-state index contributed by atoms with van der Waals surface area (Å²) < 4.78 is 1.91. The zero-order valence-corrected chi connectivity index (χ0v) is 9.71. The lowest BCUT2D eigenvalue weighted by atomic mass is 10.1. The van der Waals surface area contributed by atoms with E-state index in [0.29, 0.717) is 24.5 Å². The van der Waals surface area contributed by atoms with Crippen LogP contribution in [-0.4, -0.2) is 27.2 Å². The van der Waals surface area contributed by atoms with Gasteiger partial charge in [0.2, 0.25) is 0 Å². The lowest BCUT2D eigenvalue weighted by Gasteiger charge is -2.10. The Bertz CT molecular complexity index is 537. The van der Waals surface area contributed by atoms with Crippen LogP contribution in [0, 0.1) is 0 Å². The number of anilines is 2. The molecule has 0 bridgehead atoms. The molecule has 1 aromatic heterocycles. The van der Waals surface area contributed by atoms with E-state index in [0.717, 1.165) is 0 Å². The number of rotatable bonds is 5. The monoisotopic (exact) mass is 246 g/mol. The van der Waals surface area contributed by atoms with Crippen LogP contribution in [0.1, 0.15) is 10.4 Å². The van der Waals surface area contributed by atoms with E-state index < -0.39 is 5.97 Å². The summed E-state index contributed by atoms with van der Waals surface area (Å²) in [7, 11) is 0. The molecule has 1 heterocycles. The van der Waals surface area contributed by atoms with Crippen molar-refractivity contribution in [3.8, 4) is 0 Å². The average Bonchev–Trinajstić information content (AvgIpc) is 2.84. The molecule has 6 heteroatoms. The van der Waals surface area contributed by atoms with Gasteiger partial charge in [-0.1, -0.05) is 0 Å². The summed E-state index contributed by atoms with van der Waals surface area (Å²) >= 11 is 0. The summed E-state index contributed by atoms with van der Waals surface area (Å²) in [5.74, 6) is -0.993. The van der Waals surface area contributed by atoms with Crippen LogP contribution < -0.4 is 11.1 Å². The van der Waals surface area contributed by atoms with Gasteiger partial charge in [0.05, 0.1) is 11.9 Å². The molecule has 0 aliphatic rings. The second-order valence-electron chi connectivity index (χ2n) is 3.84. The van der Waals surface area contributed by atoms with Gasteiger partial charge in [-0.2, -0.15) is 0 Å². The quantitative estimate of drug-likeness (QED) is 0.691. The van der Waals surface area contributed by atoms with E-state index in [2.05, 4.69) is 10.3 Å². The van der Waals surface area contributed by atoms with Crippen LogP contribution in [-0.2, 0) is 6.54 Å². The van der Waals surface area contributed by atoms with Gasteiger partial charge in [0, 0.05) is 36.9 Å². The molecular formula is C12H14N4O2. The Morgan fingerprint density at radius 3 is 3.00 bits per heavy atom. The number of hydrogen-bond donors (Lipinski definition) is 3. The van der Waals surface area contributed by atoms with Gasteiger partial charge in [-0.25, -0.2) is 9.78 Å². The summed E-state index contributed by atoms with van der Waals surface area (Å²) in [6.45, 7) is 1.32. The van der Waals surface area contributed by atoms with E-state index in [1.165, 1.54) is 6.07 Å². The number of nitrogens with one attached hydrogen (secondary N) is 1. The van der Waals surface area contributed by atoms with Gasteiger partial charge in [-0.15, -0.1) is 0 Å². The standard InChI is InChI=1S/C12H14N4O2/c13-9-1-2-11(10(7-9)12(17)18)15-4-6-16-5-3-14-8-16/h1-3,5,7-8,15H,4,6,13H2,(H,17,18). The minimum Gasteiger partial charge on any atom is -0.478 e. The zero-order valence-electron chi connectivity index (χ0n) is 9.71. The Balaban J connectivity index is 2.02. The van der Waals surface area contributed by atoms with Crippen molar-refractivity contribution >= 4 is 17.3 Å². The van der Waals surface area contributed by atoms with Crippen LogP contribution in [0.3, 0.4) is 0 Å².